The van der Waals surface area contributed by atoms with Crippen LogP contribution in [-0.4, -0.2) is 24.4 Å². The molecule has 1 saturated heterocycles. The van der Waals surface area contributed by atoms with Gasteiger partial charge in [0.1, 0.15) is 0 Å². The number of amides is 2. The highest BCUT2D eigenvalue weighted by atomic mass is 16.5. The van der Waals surface area contributed by atoms with Gasteiger partial charge in [-0.15, -0.1) is 0 Å². The van der Waals surface area contributed by atoms with Gasteiger partial charge in [0.05, 0.1) is 29.7 Å². The predicted octanol–water partition coefficient (Wildman–Crippen LogP) is 2.42. The lowest BCUT2D eigenvalue weighted by Gasteiger charge is -2.37. The summed E-state index contributed by atoms with van der Waals surface area (Å²) in [7, 11) is 0. The Hall–Kier alpha value is -2.43. The third-order valence-corrected chi connectivity index (χ3v) is 6.28. The lowest BCUT2D eigenvalue weighted by Crippen LogP contribution is -2.40. The molecule has 2 bridgehead atoms. The molecule has 4 aliphatic carbocycles. The van der Waals surface area contributed by atoms with Crippen LogP contribution in [0.25, 0.3) is 0 Å². The molecule has 1 aromatic rings. The number of esters is 1. The first-order valence-electron chi connectivity index (χ1n) is 8.95. The molecule has 25 heavy (non-hydrogen) atoms. The van der Waals surface area contributed by atoms with E-state index in [0.29, 0.717) is 23.1 Å². The van der Waals surface area contributed by atoms with Gasteiger partial charge in [-0.05, 0) is 55.2 Å². The van der Waals surface area contributed by atoms with E-state index < -0.39 is 5.97 Å². The molecule has 2 saturated carbocycles. The second-order valence-corrected chi connectivity index (χ2v) is 7.44. The van der Waals surface area contributed by atoms with Crippen molar-refractivity contribution in [3.8, 4) is 0 Å². The Morgan fingerprint density at radius 3 is 2.36 bits per heavy atom. The number of hydrogen-bond donors (Lipinski definition) is 0. The number of nitrogens with zero attached hydrogens (tertiary/aromatic N) is 1. The summed E-state index contributed by atoms with van der Waals surface area (Å²) in [6.45, 7) is 2.03. The van der Waals surface area contributed by atoms with Gasteiger partial charge in [-0.2, -0.15) is 0 Å². The second kappa shape index (κ2) is 5.04. The third kappa shape index (κ3) is 1.92. The number of benzene rings is 1. The molecule has 6 atom stereocenters. The van der Waals surface area contributed by atoms with Gasteiger partial charge in [0.25, 0.3) is 0 Å². The first kappa shape index (κ1) is 14.9. The summed E-state index contributed by atoms with van der Waals surface area (Å²) >= 11 is 0. The van der Waals surface area contributed by atoms with E-state index in [9.17, 15) is 14.4 Å². The number of imide groups is 1. The second-order valence-electron chi connectivity index (χ2n) is 7.44. The Bertz CT molecular complexity index is 793. The van der Waals surface area contributed by atoms with Crippen molar-refractivity contribution < 1.29 is 19.1 Å². The summed E-state index contributed by atoms with van der Waals surface area (Å²) in [5.74, 6) is 0.460. The van der Waals surface area contributed by atoms with Gasteiger partial charge in [-0.25, -0.2) is 9.69 Å². The SMILES string of the molecule is CCOC(=O)c1cccc(N2C(=O)[C@@H]3[C@@H]4C=C[C@@H]([C@H]5C[C@@H]45)[C@@H]3C2=O)c1. The summed E-state index contributed by atoms with van der Waals surface area (Å²) in [6.07, 6.45) is 5.46. The van der Waals surface area contributed by atoms with Crippen molar-refractivity contribution in [1.82, 2.24) is 0 Å². The summed E-state index contributed by atoms with van der Waals surface area (Å²) in [4.78, 5) is 39.4. The van der Waals surface area contributed by atoms with Crippen molar-refractivity contribution in [1.29, 1.82) is 0 Å². The molecule has 1 aromatic carbocycles. The first-order valence-corrected chi connectivity index (χ1v) is 8.95. The van der Waals surface area contributed by atoms with E-state index in [0.717, 1.165) is 6.42 Å². The molecule has 2 amide bonds. The van der Waals surface area contributed by atoms with Crippen molar-refractivity contribution >= 4 is 23.5 Å². The van der Waals surface area contributed by atoms with Crippen LogP contribution in [0.15, 0.2) is 36.4 Å². The fourth-order valence-corrected chi connectivity index (χ4v) is 5.20. The van der Waals surface area contributed by atoms with Crippen LogP contribution in [0.2, 0.25) is 0 Å². The Balaban J connectivity index is 1.50. The van der Waals surface area contributed by atoms with Crippen LogP contribution in [-0.2, 0) is 14.3 Å². The molecule has 0 N–H and O–H groups in total. The first-order chi connectivity index (χ1) is 12.1. The van der Waals surface area contributed by atoms with Crippen molar-refractivity contribution in [2.75, 3.05) is 11.5 Å². The molecule has 1 aliphatic heterocycles. The van der Waals surface area contributed by atoms with Crippen LogP contribution in [0.5, 0.6) is 0 Å². The minimum atomic E-state index is -0.441. The van der Waals surface area contributed by atoms with E-state index in [1.54, 1.807) is 31.2 Å². The minimum Gasteiger partial charge on any atom is -0.462 e. The quantitative estimate of drug-likeness (QED) is 0.483. The molecule has 3 fully saturated rings. The predicted molar refractivity (Wildman–Crippen MR) is 89.6 cm³/mol. The molecule has 5 nitrogen and oxygen atoms in total. The molecule has 128 valence electrons. The van der Waals surface area contributed by atoms with Crippen LogP contribution in [0.4, 0.5) is 5.69 Å². The highest BCUT2D eigenvalue weighted by Gasteiger charge is 2.67. The number of anilines is 1. The maximum absolute atomic E-state index is 13.1. The van der Waals surface area contributed by atoms with Gasteiger partial charge < -0.3 is 4.74 Å². The van der Waals surface area contributed by atoms with E-state index in [1.165, 1.54) is 4.90 Å². The molecule has 5 aliphatic rings. The molecule has 1 heterocycles. The maximum atomic E-state index is 13.1. The Morgan fingerprint density at radius 1 is 1.12 bits per heavy atom. The van der Waals surface area contributed by atoms with E-state index in [1.807, 2.05) is 0 Å². The van der Waals surface area contributed by atoms with Crippen LogP contribution in [0.3, 0.4) is 0 Å². The topological polar surface area (TPSA) is 63.7 Å². The molecular weight excluding hydrogens is 318 g/mol. The Kier molecular flexibility index (Phi) is 3.00. The van der Waals surface area contributed by atoms with E-state index in [-0.39, 0.29) is 42.1 Å². The van der Waals surface area contributed by atoms with E-state index in [4.69, 9.17) is 4.74 Å². The number of allylic oxidation sites excluding steroid dienone is 2. The average Bonchev–Trinajstić information content (AvgIpc) is 3.39. The number of hydrogen-bond acceptors (Lipinski definition) is 4. The molecule has 0 unspecified atom stereocenters. The number of carbonyl (C=O) groups is 3. The zero-order valence-electron chi connectivity index (χ0n) is 13.9. The van der Waals surface area contributed by atoms with Crippen molar-refractivity contribution in [2.24, 2.45) is 35.5 Å². The Morgan fingerprint density at radius 2 is 1.76 bits per heavy atom. The normalized spacial score (nSPS) is 37.1. The van der Waals surface area contributed by atoms with Gasteiger partial charge in [0, 0.05) is 0 Å². The number of carbonyl (C=O) groups excluding carboxylic acids is 3. The minimum absolute atomic E-state index is 0.110. The van der Waals surface area contributed by atoms with Gasteiger partial charge in [-0.3, -0.25) is 9.59 Å². The summed E-state index contributed by atoms with van der Waals surface area (Å²) < 4.78 is 5.02. The highest BCUT2D eigenvalue weighted by molar-refractivity contribution is 6.22. The summed E-state index contributed by atoms with van der Waals surface area (Å²) in [6, 6.07) is 6.63. The zero-order valence-corrected chi connectivity index (χ0v) is 13.9. The number of rotatable bonds is 3. The smallest absolute Gasteiger partial charge is 0.338 e. The third-order valence-electron chi connectivity index (χ3n) is 6.28. The zero-order chi connectivity index (χ0) is 17.3. The molecular formula is C20H19NO4. The molecule has 0 spiro atoms. The summed E-state index contributed by atoms with van der Waals surface area (Å²) in [5, 5.41) is 0. The van der Waals surface area contributed by atoms with Gasteiger partial charge in [0.2, 0.25) is 11.8 Å². The van der Waals surface area contributed by atoms with Crippen molar-refractivity contribution in [3.05, 3.63) is 42.0 Å². The van der Waals surface area contributed by atoms with Crippen molar-refractivity contribution in [2.45, 2.75) is 13.3 Å². The maximum Gasteiger partial charge on any atom is 0.338 e. The number of ether oxygens (including phenoxy) is 1. The van der Waals surface area contributed by atoms with Gasteiger partial charge in [0.15, 0.2) is 0 Å². The monoisotopic (exact) mass is 337 g/mol. The fourth-order valence-electron chi connectivity index (χ4n) is 5.20. The summed E-state index contributed by atoms with van der Waals surface area (Å²) in [5.41, 5.74) is 0.835. The average molecular weight is 337 g/mol. The van der Waals surface area contributed by atoms with Crippen LogP contribution in [0.1, 0.15) is 23.7 Å². The van der Waals surface area contributed by atoms with Crippen LogP contribution < -0.4 is 4.90 Å². The van der Waals surface area contributed by atoms with Gasteiger partial charge >= 0.3 is 5.97 Å². The Labute approximate surface area is 145 Å². The van der Waals surface area contributed by atoms with Crippen molar-refractivity contribution in [3.63, 3.8) is 0 Å². The van der Waals surface area contributed by atoms with E-state index >= 15 is 0 Å². The van der Waals surface area contributed by atoms with Crippen LogP contribution >= 0.6 is 0 Å². The standard InChI is InChI=1S/C20H19NO4/c1-2-25-20(24)10-4-3-5-11(8-10)21-18(22)16-12-6-7-13(15-9-14(12)15)17(16)19(21)23/h3-8,12-17H,2,9H2,1H3/t12-,13+,14+,15-,16-,17+. The lowest BCUT2D eigenvalue weighted by molar-refractivity contribution is -0.124. The highest BCUT2D eigenvalue weighted by Crippen LogP contribution is 2.65. The van der Waals surface area contributed by atoms with Crippen LogP contribution in [0, 0.1) is 35.5 Å². The van der Waals surface area contributed by atoms with Gasteiger partial charge in [-0.1, -0.05) is 18.2 Å². The lowest BCUT2D eigenvalue weighted by atomic mass is 9.63. The molecule has 5 heteroatoms. The molecule has 0 radical (unpaired) electrons. The largest absolute Gasteiger partial charge is 0.462 e. The van der Waals surface area contributed by atoms with E-state index in [2.05, 4.69) is 12.2 Å². The fraction of sp³-hybridized carbons (Fsp3) is 0.450. The molecule has 0 aromatic heterocycles. The molecule has 6 rings (SSSR count).